The van der Waals surface area contributed by atoms with E-state index in [2.05, 4.69) is 10.6 Å². The first-order valence-electron chi connectivity index (χ1n) is 9.38. The van der Waals surface area contributed by atoms with E-state index in [4.69, 9.17) is 9.47 Å². The minimum Gasteiger partial charge on any atom is -0.494 e. The minimum atomic E-state index is -0.454. The van der Waals surface area contributed by atoms with Crippen LogP contribution in [0, 0.1) is 5.82 Å². The zero-order valence-corrected chi connectivity index (χ0v) is 16.4. The molecule has 0 spiro atoms. The van der Waals surface area contributed by atoms with Gasteiger partial charge in [-0.15, -0.1) is 0 Å². The number of carbonyl (C=O) groups is 2. The van der Waals surface area contributed by atoms with Crippen LogP contribution in [0.25, 0.3) is 0 Å². The molecule has 0 bridgehead atoms. The van der Waals surface area contributed by atoms with Gasteiger partial charge in [-0.05, 0) is 79.7 Å². The van der Waals surface area contributed by atoms with E-state index in [9.17, 15) is 14.0 Å². The maximum Gasteiger partial charge on any atom is 0.251 e. The molecule has 6 nitrogen and oxygen atoms in total. The van der Waals surface area contributed by atoms with Crippen molar-refractivity contribution in [2.75, 3.05) is 18.5 Å². The monoisotopic (exact) mass is 408 g/mol. The molecule has 0 fully saturated rings. The Balaban J connectivity index is 1.48. The summed E-state index contributed by atoms with van der Waals surface area (Å²) in [6, 6.07) is 19.2. The predicted octanol–water partition coefficient (Wildman–Crippen LogP) is 4.39. The molecule has 7 heteroatoms. The fourth-order valence-electron chi connectivity index (χ4n) is 2.58. The van der Waals surface area contributed by atoms with Crippen molar-refractivity contribution in [3.05, 3.63) is 84.2 Å². The normalized spacial score (nSPS) is 10.2. The highest BCUT2D eigenvalue weighted by atomic mass is 19.1. The third-order valence-electron chi connectivity index (χ3n) is 4.02. The predicted molar refractivity (Wildman–Crippen MR) is 111 cm³/mol. The molecule has 30 heavy (non-hydrogen) atoms. The second-order valence-corrected chi connectivity index (χ2v) is 6.27. The van der Waals surface area contributed by atoms with E-state index in [-0.39, 0.29) is 18.0 Å². The van der Waals surface area contributed by atoms with Crippen molar-refractivity contribution in [2.45, 2.75) is 6.92 Å². The van der Waals surface area contributed by atoms with Crippen LogP contribution < -0.4 is 20.1 Å². The van der Waals surface area contributed by atoms with Crippen molar-refractivity contribution < 1.29 is 23.5 Å². The van der Waals surface area contributed by atoms with Gasteiger partial charge in [-0.3, -0.25) is 9.59 Å². The topological polar surface area (TPSA) is 76.7 Å². The lowest BCUT2D eigenvalue weighted by molar-refractivity contribution is -0.115. The Morgan fingerprint density at radius 1 is 0.833 bits per heavy atom. The van der Waals surface area contributed by atoms with Crippen LogP contribution in [0.15, 0.2) is 72.8 Å². The quantitative estimate of drug-likeness (QED) is 0.580. The molecule has 0 atom stereocenters. The summed E-state index contributed by atoms with van der Waals surface area (Å²) in [5.74, 6) is 0.782. The van der Waals surface area contributed by atoms with E-state index in [0.717, 1.165) is 5.75 Å². The van der Waals surface area contributed by atoms with Crippen molar-refractivity contribution in [3.63, 3.8) is 0 Å². The summed E-state index contributed by atoms with van der Waals surface area (Å²) in [5, 5.41) is 5.17. The first kappa shape index (κ1) is 20.9. The van der Waals surface area contributed by atoms with E-state index >= 15 is 0 Å². The molecule has 3 rings (SSSR count). The molecule has 0 radical (unpaired) electrons. The Hall–Kier alpha value is -3.87. The van der Waals surface area contributed by atoms with Gasteiger partial charge in [-0.25, -0.2) is 4.39 Å². The fraction of sp³-hybridized carbons (Fsp3) is 0.130. The zero-order chi connectivity index (χ0) is 21.3. The lowest BCUT2D eigenvalue weighted by Crippen LogP contribution is -2.32. The molecule has 0 heterocycles. The number of halogens is 1. The fourth-order valence-corrected chi connectivity index (χ4v) is 2.58. The van der Waals surface area contributed by atoms with Gasteiger partial charge in [0.15, 0.2) is 0 Å². The number of benzene rings is 3. The van der Waals surface area contributed by atoms with Crippen LogP contribution >= 0.6 is 0 Å². The number of anilines is 1. The van der Waals surface area contributed by atoms with Gasteiger partial charge in [-0.2, -0.15) is 0 Å². The maximum atomic E-state index is 12.9. The van der Waals surface area contributed by atoms with Gasteiger partial charge in [0.1, 0.15) is 23.1 Å². The molecule has 0 aliphatic heterocycles. The highest BCUT2D eigenvalue weighted by Crippen LogP contribution is 2.25. The second kappa shape index (κ2) is 10.1. The van der Waals surface area contributed by atoms with Gasteiger partial charge in [-0.1, -0.05) is 0 Å². The second-order valence-electron chi connectivity index (χ2n) is 6.27. The van der Waals surface area contributed by atoms with E-state index in [1.807, 2.05) is 31.2 Å². The van der Waals surface area contributed by atoms with Crippen LogP contribution in [0.3, 0.4) is 0 Å². The number of amides is 2. The van der Waals surface area contributed by atoms with Gasteiger partial charge in [0, 0.05) is 11.3 Å². The van der Waals surface area contributed by atoms with Gasteiger partial charge >= 0.3 is 0 Å². The molecule has 0 aliphatic carbocycles. The number of hydrogen-bond donors (Lipinski definition) is 2. The molecule has 0 unspecified atom stereocenters. The summed E-state index contributed by atoms with van der Waals surface area (Å²) in [7, 11) is 0. The lowest BCUT2D eigenvalue weighted by atomic mass is 10.2. The van der Waals surface area contributed by atoms with Crippen LogP contribution in [0.5, 0.6) is 17.2 Å². The molecule has 0 saturated heterocycles. The van der Waals surface area contributed by atoms with Crippen molar-refractivity contribution in [1.82, 2.24) is 5.32 Å². The molecule has 3 aromatic rings. The smallest absolute Gasteiger partial charge is 0.251 e. The Kier molecular flexibility index (Phi) is 7.00. The molecule has 3 aromatic carbocycles. The Bertz CT molecular complexity index is 987. The summed E-state index contributed by atoms with van der Waals surface area (Å²) in [5.41, 5.74) is 0.843. The van der Waals surface area contributed by atoms with Crippen LogP contribution in [-0.4, -0.2) is 25.0 Å². The average Bonchev–Trinajstić information content (AvgIpc) is 2.75. The molecular weight excluding hydrogens is 387 g/mol. The summed E-state index contributed by atoms with van der Waals surface area (Å²) in [6.45, 7) is 2.31. The number of hydrogen-bond acceptors (Lipinski definition) is 4. The van der Waals surface area contributed by atoms with E-state index in [0.29, 0.717) is 23.8 Å². The van der Waals surface area contributed by atoms with Crippen molar-refractivity contribution in [3.8, 4) is 17.2 Å². The molecular formula is C23H21FN2O4. The van der Waals surface area contributed by atoms with Crippen LogP contribution in [0.2, 0.25) is 0 Å². The highest BCUT2D eigenvalue weighted by Gasteiger charge is 2.09. The summed E-state index contributed by atoms with van der Waals surface area (Å²) in [4.78, 5) is 24.0. The largest absolute Gasteiger partial charge is 0.494 e. The van der Waals surface area contributed by atoms with Crippen LogP contribution in [-0.2, 0) is 4.79 Å². The van der Waals surface area contributed by atoms with Gasteiger partial charge < -0.3 is 20.1 Å². The van der Waals surface area contributed by atoms with Gasteiger partial charge in [0.2, 0.25) is 5.91 Å². The standard InChI is InChI=1S/C23H21FN2O4/c1-2-29-19-11-13-21(14-12-19)30-20-9-7-18(8-10-20)26-22(27)15-25-23(28)16-3-5-17(24)6-4-16/h3-14H,2,15H2,1H3,(H,25,28)(H,26,27). The summed E-state index contributed by atoms with van der Waals surface area (Å²) < 4.78 is 24.0. The van der Waals surface area contributed by atoms with Crippen molar-refractivity contribution in [2.24, 2.45) is 0 Å². The molecule has 0 aromatic heterocycles. The molecule has 2 N–H and O–H groups in total. The minimum absolute atomic E-state index is 0.208. The summed E-state index contributed by atoms with van der Waals surface area (Å²) >= 11 is 0. The lowest BCUT2D eigenvalue weighted by Gasteiger charge is -2.09. The van der Waals surface area contributed by atoms with Gasteiger partial charge in [0.05, 0.1) is 13.2 Å². The average molecular weight is 408 g/mol. The third-order valence-corrected chi connectivity index (χ3v) is 4.02. The third kappa shape index (κ3) is 6.07. The molecule has 0 saturated carbocycles. The number of nitrogens with one attached hydrogen (secondary N) is 2. The van der Waals surface area contributed by atoms with E-state index < -0.39 is 11.7 Å². The molecule has 2 amide bonds. The molecule has 0 aliphatic rings. The zero-order valence-electron chi connectivity index (χ0n) is 16.4. The van der Waals surface area contributed by atoms with Gasteiger partial charge in [0.25, 0.3) is 5.91 Å². The number of ether oxygens (including phenoxy) is 2. The Labute approximate surface area is 173 Å². The van der Waals surface area contributed by atoms with Crippen molar-refractivity contribution >= 4 is 17.5 Å². The maximum absolute atomic E-state index is 12.9. The summed E-state index contributed by atoms with van der Waals surface area (Å²) in [6.07, 6.45) is 0. The Morgan fingerprint density at radius 2 is 1.40 bits per heavy atom. The number of rotatable bonds is 8. The Morgan fingerprint density at radius 3 is 2.00 bits per heavy atom. The van der Waals surface area contributed by atoms with E-state index in [1.54, 1.807) is 24.3 Å². The molecule has 154 valence electrons. The van der Waals surface area contributed by atoms with Crippen LogP contribution in [0.1, 0.15) is 17.3 Å². The first-order valence-corrected chi connectivity index (χ1v) is 9.38. The van der Waals surface area contributed by atoms with E-state index in [1.165, 1.54) is 24.3 Å². The van der Waals surface area contributed by atoms with Crippen molar-refractivity contribution in [1.29, 1.82) is 0 Å². The van der Waals surface area contributed by atoms with Crippen LogP contribution in [0.4, 0.5) is 10.1 Å². The highest BCUT2D eigenvalue weighted by molar-refractivity contribution is 5.99. The SMILES string of the molecule is CCOc1ccc(Oc2ccc(NC(=O)CNC(=O)c3ccc(F)cc3)cc2)cc1. The first-order chi connectivity index (χ1) is 14.5. The number of carbonyl (C=O) groups excluding carboxylic acids is 2.